The van der Waals surface area contributed by atoms with Crippen LogP contribution < -0.4 is 15.0 Å². The van der Waals surface area contributed by atoms with Crippen molar-refractivity contribution in [2.45, 2.75) is 20.3 Å². The van der Waals surface area contributed by atoms with Crippen LogP contribution in [0.3, 0.4) is 0 Å². The van der Waals surface area contributed by atoms with Crippen molar-refractivity contribution in [3.63, 3.8) is 0 Å². The van der Waals surface area contributed by atoms with Gasteiger partial charge in [-0.15, -0.1) is 0 Å². The molecule has 0 aliphatic heterocycles. The number of hydrogen-bond donors (Lipinski definition) is 1. The lowest BCUT2D eigenvalue weighted by Crippen LogP contribution is -2.33. The lowest BCUT2D eigenvalue weighted by Gasteiger charge is -2.22. The van der Waals surface area contributed by atoms with Crippen molar-refractivity contribution >= 4 is 17.6 Å². The molecule has 0 radical (unpaired) electrons. The number of ether oxygens (including phenoxy) is 1. The molecule has 8 heteroatoms. The van der Waals surface area contributed by atoms with Gasteiger partial charge in [-0.2, -0.15) is 4.98 Å². The maximum Gasteiger partial charge on any atom is 0.239 e. The molecule has 0 spiro atoms. The molecule has 0 aliphatic carbocycles. The molecule has 1 N–H and O–H groups in total. The zero-order valence-electron chi connectivity index (χ0n) is 20.1. The SMILES string of the molecule is CC(=O)NCCc1ccc(-c2ccc(Oc3cncc(N(C)CCN(C)C(C)=O)n3)cc2)cc1. The van der Waals surface area contributed by atoms with E-state index < -0.39 is 0 Å². The van der Waals surface area contributed by atoms with E-state index in [-0.39, 0.29) is 11.8 Å². The normalized spacial score (nSPS) is 10.5. The van der Waals surface area contributed by atoms with E-state index in [0.717, 1.165) is 17.5 Å². The number of nitrogens with one attached hydrogen (secondary N) is 1. The third-order valence-corrected chi connectivity index (χ3v) is 5.45. The molecule has 0 saturated carbocycles. The third kappa shape index (κ3) is 7.30. The molecule has 34 heavy (non-hydrogen) atoms. The van der Waals surface area contributed by atoms with Crippen LogP contribution in [-0.2, 0) is 16.0 Å². The first-order valence-corrected chi connectivity index (χ1v) is 11.2. The van der Waals surface area contributed by atoms with Crippen molar-refractivity contribution < 1.29 is 14.3 Å². The minimum Gasteiger partial charge on any atom is -0.437 e. The summed E-state index contributed by atoms with van der Waals surface area (Å²) in [5.41, 5.74) is 3.36. The third-order valence-electron chi connectivity index (χ3n) is 5.45. The Kier molecular flexibility index (Phi) is 8.56. The van der Waals surface area contributed by atoms with Crippen LogP contribution in [0.4, 0.5) is 5.82 Å². The lowest BCUT2D eigenvalue weighted by molar-refractivity contribution is -0.127. The monoisotopic (exact) mass is 461 g/mol. The number of carbonyl (C=O) groups is 2. The summed E-state index contributed by atoms with van der Waals surface area (Å²) in [6.45, 7) is 4.93. The van der Waals surface area contributed by atoms with Crippen LogP contribution in [-0.4, -0.2) is 60.4 Å². The number of nitrogens with zero attached hydrogens (tertiary/aromatic N) is 4. The highest BCUT2D eigenvalue weighted by atomic mass is 16.5. The minimum atomic E-state index is -0.0128. The Labute approximate surface area is 200 Å². The summed E-state index contributed by atoms with van der Waals surface area (Å²) >= 11 is 0. The highest BCUT2D eigenvalue weighted by Crippen LogP contribution is 2.26. The average Bonchev–Trinajstić information content (AvgIpc) is 2.83. The fourth-order valence-corrected chi connectivity index (χ4v) is 3.23. The van der Waals surface area contributed by atoms with Crippen LogP contribution in [0.15, 0.2) is 60.9 Å². The molecule has 1 heterocycles. The molecule has 2 amide bonds. The molecule has 0 fully saturated rings. The van der Waals surface area contributed by atoms with E-state index in [1.54, 1.807) is 31.3 Å². The van der Waals surface area contributed by atoms with E-state index in [9.17, 15) is 9.59 Å². The Morgan fingerprint density at radius 1 is 0.912 bits per heavy atom. The predicted molar refractivity (Wildman–Crippen MR) is 133 cm³/mol. The lowest BCUT2D eigenvalue weighted by atomic mass is 10.0. The second-order valence-electron chi connectivity index (χ2n) is 8.13. The van der Waals surface area contributed by atoms with Crippen LogP contribution in [0.2, 0.25) is 0 Å². The Morgan fingerprint density at radius 2 is 1.56 bits per heavy atom. The quantitative estimate of drug-likeness (QED) is 0.497. The minimum absolute atomic E-state index is 0.0128. The van der Waals surface area contributed by atoms with Crippen LogP contribution >= 0.6 is 0 Å². The molecule has 0 bridgehead atoms. The number of rotatable bonds is 10. The molecule has 0 unspecified atom stereocenters. The average molecular weight is 462 g/mol. The van der Waals surface area contributed by atoms with E-state index >= 15 is 0 Å². The van der Waals surface area contributed by atoms with Gasteiger partial charge in [0.25, 0.3) is 0 Å². The van der Waals surface area contributed by atoms with Crippen molar-refractivity contribution in [2.75, 3.05) is 38.6 Å². The van der Waals surface area contributed by atoms with Crippen molar-refractivity contribution in [3.05, 3.63) is 66.5 Å². The Morgan fingerprint density at radius 3 is 2.18 bits per heavy atom. The van der Waals surface area contributed by atoms with Crippen molar-refractivity contribution in [1.82, 2.24) is 20.2 Å². The molecular weight excluding hydrogens is 430 g/mol. The van der Waals surface area contributed by atoms with Crippen LogP contribution in [0, 0.1) is 0 Å². The maximum atomic E-state index is 11.4. The zero-order valence-corrected chi connectivity index (χ0v) is 20.1. The fraction of sp³-hybridized carbons (Fsp3) is 0.308. The van der Waals surface area contributed by atoms with Gasteiger partial charge in [-0.05, 0) is 35.2 Å². The second kappa shape index (κ2) is 11.8. The topological polar surface area (TPSA) is 87.7 Å². The van der Waals surface area contributed by atoms with Crippen molar-refractivity contribution in [2.24, 2.45) is 0 Å². The van der Waals surface area contributed by atoms with E-state index in [1.807, 2.05) is 36.2 Å². The largest absolute Gasteiger partial charge is 0.437 e. The summed E-state index contributed by atoms with van der Waals surface area (Å²) in [5.74, 6) is 1.75. The first-order valence-electron chi connectivity index (χ1n) is 11.2. The highest BCUT2D eigenvalue weighted by molar-refractivity contribution is 5.73. The molecule has 2 aromatic carbocycles. The van der Waals surface area contributed by atoms with E-state index in [2.05, 4.69) is 39.6 Å². The molecular formula is C26H31N5O3. The molecule has 8 nitrogen and oxygen atoms in total. The summed E-state index contributed by atoms with van der Waals surface area (Å²) in [6, 6.07) is 16.1. The van der Waals surface area contributed by atoms with Crippen LogP contribution in [0.25, 0.3) is 11.1 Å². The first-order chi connectivity index (χ1) is 16.3. The van der Waals surface area contributed by atoms with Gasteiger partial charge in [-0.1, -0.05) is 36.4 Å². The number of benzene rings is 2. The molecule has 0 atom stereocenters. The predicted octanol–water partition coefficient (Wildman–Crippen LogP) is 3.53. The number of amides is 2. The Balaban J connectivity index is 1.59. The molecule has 0 aliphatic rings. The van der Waals surface area contributed by atoms with Gasteiger partial charge in [0.15, 0.2) is 5.82 Å². The zero-order chi connectivity index (χ0) is 24.5. The summed E-state index contributed by atoms with van der Waals surface area (Å²) in [7, 11) is 3.68. The van der Waals surface area contributed by atoms with Gasteiger partial charge in [-0.25, -0.2) is 0 Å². The number of anilines is 1. The van der Waals surface area contributed by atoms with E-state index in [1.165, 1.54) is 12.5 Å². The second-order valence-corrected chi connectivity index (χ2v) is 8.13. The summed E-state index contributed by atoms with van der Waals surface area (Å²) in [4.78, 5) is 34.7. The van der Waals surface area contributed by atoms with Crippen molar-refractivity contribution in [1.29, 1.82) is 0 Å². The van der Waals surface area contributed by atoms with Gasteiger partial charge in [0.1, 0.15) is 5.75 Å². The van der Waals surface area contributed by atoms with Crippen molar-refractivity contribution in [3.8, 4) is 22.8 Å². The first kappa shape index (κ1) is 24.7. The number of hydrogen-bond acceptors (Lipinski definition) is 6. The molecule has 1 aromatic heterocycles. The molecule has 3 aromatic rings. The summed E-state index contributed by atoms with van der Waals surface area (Å²) in [5, 5.41) is 2.81. The molecule has 178 valence electrons. The van der Waals surface area contributed by atoms with Gasteiger partial charge >= 0.3 is 0 Å². The van der Waals surface area contributed by atoms with Gasteiger partial charge in [0.2, 0.25) is 17.7 Å². The standard InChI is InChI=1S/C26H31N5O3/c1-19(32)28-14-13-21-5-7-22(8-6-21)23-9-11-24(12-10-23)34-26-18-27-17-25(29-26)31(4)16-15-30(3)20(2)33/h5-12,17-18H,13-16H2,1-4H3,(H,28,32). The van der Waals surface area contributed by atoms with Gasteiger partial charge in [-0.3, -0.25) is 14.6 Å². The van der Waals surface area contributed by atoms with E-state index in [4.69, 9.17) is 4.74 Å². The van der Waals surface area contributed by atoms with Crippen LogP contribution in [0.5, 0.6) is 11.6 Å². The number of aromatic nitrogens is 2. The Bertz CT molecular complexity index is 1100. The number of carbonyl (C=O) groups excluding carboxylic acids is 2. The van der Waals surface area contributed by atoms with E-state index in [0.29, 0.717) is 37.1 Å². The fourth-order valence-electron chi connectivity index (χ4n) is 3.23. The maximum absolute atomic E-state index is 11.4. The summed E-state index contributed by atoms with van der Waals surface area (Å²) < 4.78 is 5.91. The van der Waals surface area contributed by atoms with Crippen LogP contribution in [0.1, 0.15) is 19.4 Å². The summed E-state index contributed by atoms with van der Waals surface area (Å²) in [6.07, 6.45) is 4.05. The smallest absolute Gasteiger partial charge is 0.239 e. The van der Waals surface area contributed by atoms with Gasteiger partial charge in [0.05, 0.1) is 12.4 Å². The molecule has 3 rings (SSSR count). The molecule has 0 saturated heterocycles. The number of likely N-dealkylation sites (N-methyl/N-ethyl adjacent to an activating group) is 2. The highest BCUT2D eigenvalue weighted by Gasteiger charge is 2.09. The Hall–Kier alpha value is -3.94. The van der Waals surface area contributed by atoms with Gasteiger partial charge < -0.3 is 19.9 Å². The van der Waals surface area contributed by atoms with Gasteiger partial charge in [0, 0.05) is 47.6 Å².